The van der Waals surface area contributed by atoms with Gasteiger partial charge in [-0.3, -0.25) is 4.98 Å². The third-order valence-corrected chi connectivity index (χ3v) is 5.96. The van der Waals surface area contributed by atoms with E-state index in [2.05, 4.69) is 4.98 Å². The summed E-state index contributed by atoms with van der Waals surface area (Å²) < 4.78 is 25.8. The highest BCUT2D eigenvalue weighted by Crippen LogP contribution is 2.25. The Balaban J connectivity index is 2.23. The van der Waals surface area contributed by atoms with Crippen molar-refractivity contribution in [3.05, 3.63) is 47.1 Å². The number of aromatic nitrogens is 1. The van der Waals surface area contributed by atoms with Crippen LogP contribution in [0.4, 0.5) is 0 Å². The molecule has 0 bridgehead atoms. The van der Waals surface area contributed by atoms with Crippen molar-refractivity contribution in [2.24, 2.45) is 0 Å². The zero-order valence-electron chi connectivity index (χ0n) is 10.6. The second-order valence-corrected chi connectivity index (χ2v) is 7.40. The van der Waals surface area contributed by atoms with Crippen LogP contribution in [0.5, 0.6) is 0 Å². The third kappa shape index (κ3) is 3.03. The lowest BCUT2D eigenvalue weighted by Gasteiger charge is -2.15. The summed E-state index contributed by atoms with van der Waals surface area (Å²) in [5.74, 6) is -1.13. The number of thiophene rings is 1. The Morgan fingerprint density at radius 1 is 1.30 bits per heavy atom. The highest BCUT2D eigenvalue weighted by molar-refractivity contribution is 7.91. The Morgan fingerprint density at radius 2 is 1.95 bits per heavy atom. The molecule has 0 atom stereocenters. The lowest BCUT2D eigenvalue weighted by molar-refractivity contribution is 0.0702. The molecule has 0 spiro atoms. The van der Waals surface area contributed by atoms with Gasteiger partial charge in [-0.2, -0.15) is 4.31 Å². The van der Waals surface area contributed by atoms with Crippen molar-refractivity contribution in [2.45, 2.75) is 10.8 Å². The van der Waals surface area contributed by atoms with E-state index in [9.17, 15) is 13.2 Å². The van der Waals surface area contributed by atoms with Gasteiger partial charge in [0, 0.05) is 26.0 Å². The smallest absolute Gasteiger partial charge is 0.345 e. The van der Waals surface area contributed by atoms with Crippen LogP contribution in [0.2, 0.25) is 0 Å². The molecular formula is C12H12N2O4S2. The number of nitrogens with zero attached hydrogens (tertiary/aromatic N) is 2. The van der Waals surface area contributed by atoms with Crippen molar-refractivity contribution < 1.29 is 18.3 Å². The molecule has 2 rings (SSSR count). The second kappa shape index (κ2) is 5.70. The molecular weight excluding hydrogens is 300 g/mol. The molecule has 0 amide bonds. The van der Waals surface area contributed by atoms with Gasteiger partial charge in [0.25, 0.3) is 10.0 Å². The van der Waals surface area contributed by atoms with E-state index in [-0.39, 0.29) is 15.6 Å². The summed E-state index contributed by atoms with van der Waals surface area (Å²) >= 11 is 0.745. The van der Waals surface area contributed by atoms with Crippen LogP contribution in [-0.2, 0) is 16.6 Å². The van der Waals surface area contributed by atoms with Gasteiger partial charge in [0.15, 0.2) is 0 Å². The zero-order chi connectivity index (χ0) is 14.8. The van der Waals surface area contributed by atoms with Gasteiger partial charge in [0.05, 0.1) is 0 Å². The fraction of sp³-hybridized carbons (Fsp3) is 0.167. The maximum absolute atomic E-state index is 12.3. The number of hydrogen-bond acceptors (Lipinski definition) is 5. The number of aromatic carboxylic acids is 1. The second-order valence-electron chi connectivity index (χ2n) is 4.04. The summed E-state index contributed by atoms with van der Waals surface area (Å²) in [5.41, 5.74) is 0.807. The van der Waals surface area contributed by atoms with E-state index < -0.39 is 16.0 Å². The number of rotatable bonds is 5. The van der Waals surface area contributed by atoms with Crippen LogP contribution in [-0.4, -0.2) is 35.8 Å². The van der Waals surface area contributed by atoms with E-state index in [4.69, 9.17) is 5.11 Å². The van der Waals surface area contributed by atoms with Crippen molar-refractivity contribution in [2.75, 3.05) is 7.05 Å². The molecule has 0 fully saturated rings. The fourth-order valence-corrected chi connectivity index (χ4v) is 4.07. The topological polar surface area (TPSA) is 87.6 Å². The summed E-state index contributed by atoms with van der Waals surface area (Å²) in [4.78, 5) is 14.7. The molecule has 0 aliphatic rings. The van der Waals surface area contributed by atoms with E-state index in [1.54, 1.807) is 24.5 Å². The first kappa shape index (κ1) is 14.6. The van der Waals surface area contributed by atoms with Crippen molar-refractivity contribution in [1.29, 1.82) is 0 Å². The lowest BCUT2D eigenvalue weighted by atomic mass is 10.3. The third-order valence-electron chi connectivity index (χ3n) is 2.61. The molecule has 6 nitrogen and oxygen atoms in total. The summed E-state index contributed by atoms with van der Waals surface area (Å²) in [7, 11) is -2.23. The van der Waals surface area contributed by atoms with E-state index >= 15 is 0 Å². The quantitative estimate of drug-likeness (QED) is 0.907. The molecule has 0 radical (unpaired) electrons. The molecule has 2 heterocycles. The van der Waals surface area contributed by atoms with Crippen LogP contribution in [0.15, 0.2) is 40.9 Å². The van der Waals surface area contributed by atoms with Gasteiger partial charge in [-0.1, -0.05) is 0 Å². The van der Waals surface area contributed by atoms with Crippen molar-refractivity contribution in [1.82, 2.24) is 9.29 Å². The van der Waals surface area contributed by atoms with Gasteiger partial charge in [-0.25, -0.2) is 13.2 Å². The first-order valence-electron chi connectivity index (χ1n) is 5.59. The Kier molecular flexibility index (Phi) is 4.17. The average Bonchev–Trinajstić information content (AvgIpc) is 2.90. The number of carbonyl (C=O) groups is 1. The Bertz CT molecular complexity index is 710. The molecule has 8 heteroatoms. The van der Waals surface area contributed by atoms with Crippen LogP contribution in [0, 0.1) is 0 Å². The largest absolute Gasteiger partial charge is 0.477 e. The summed E-state index contributed by atoms with van der Waals surface area (Å²) in [5, 5.41) is 8.83. The number of hydrogen-bond donors (Lipinski definition) is 1. The van der Waals surface area contributed by atoms with Crippen LogP contribution in [0.3, 0.4) is 0 Å². The predicted molar refractivity (Wildman–Crippen MR) is 74.2 cm³/mol. The van der Waals surface area contributed by atoms with E-state index in [0.29, 0.717) is 0 Å². The molecule has 0 aliphatic heterocycles. The van der Waals surface area contributed by atoms with E-state index in [0.717, 1.165) is 16.9 Å². The molecule has 2 aromatic heterocycles. The maximum atomic E-state index is 12.3. The standard InChI is InChI=1S/C12H12N2O4S2/c1-14(8-9-4-6-13-7-5-9)20(17,18)11-3-2-10(19-11)12(15)16/h2-7H,8H2,1H3,(H,15,16). The first-order chi connectivity index (χ1) is 9.41. The monoisotopic (exact) mass is 312 g/mol. The molecule has 0 aliphatic carbocycles. The number of pyridine rings is 1. The van der Waals surface area contributed by atoms with Crippen LogP contribution in [0.1, 0.15) is 15.2 Å². The molecule has 0 unspecified atom stereocenters. The minimum absolute atomic E-state index is 0.000820. The SMILES string of the molecule is CN(Cc1ccncc1)S(=O)(=O)c1ccc(C(=O)O)s1. The molecule has 1 N–H and O–H groups in total. The van der Waals surface area contributed by atoms with Gasteiger partial charge in [0.2, 0.25) is 0 Å². The number of sulfonamides is 1. The first-order valence-corrected chi connectivity index (χ1v) is 7.85. The Morgan fingerprint density at radius 3 is 2.50 bits per heavy atom. The molecule has 0 aromatic carbocycles. The normalized spacial score (nSPS) is 11.7. The highest BCUT2D eigenvalue weighted by Gasteiger charge is 2.24. The maximum Gasteiger partial charge on any atom is 0.345 e. The summed E-state index contributed by atoms with van der Waals surface area (Å²) in [6.45, 7) is 0.200. The number of carboxylic acids is 1. The van der Waals surface area contributed by atoms with Gasteiger partial charge in [0.1, 0.15) is 9.09 Å². The predicted octanol–water partition coefficient (Wildman–Crippen LogP) is 1.66. The van der Waals surface area contributed by atoms with Gasteiger partial charge < -0.3 is 5.11 Å². The van der Waals surface area contributed by atoms with Crippen molar-refractivity contribution >= 4 is 27.3 Å². The lowest BCUT2D eigenvalue weighted by Crippen LogP contribution is -2.25. The Labute approximate surface area is 120 Å². The minimum atomic E-state index is -3.68. The molecule has 2 aromatic rings. The molecule has 20 heavy (non-hydrogen) atoms. The van der Waals surface area contributed by atoms with Crippen molar-refractivity contribution in [3.8, 4) is 0 Å². The summed E-state index contributed by atoms with van der Waals surface area (Å²) in [6, 6.07) is 6.05. The van der Waals surface area contributed by atoms with Crippen LogP contribution >= 0.6 is 11.3 Å². The molecule has 106 valence electrons. The van der Waals surface area contributed by atoms with Gasteiger partial charge in [-0.15, -0.1) is 11.3 Å². The zero-order valence-corrected chi connectivity index (χ0v) is 12.2. The molecule has 0 saturated heterocycles. The number of carboxylic acid groups (broad SMARTS) is 1. The van der Waals surface area contributed by atoms with E-state index in [1.165, 1.54) is 23.5 Å². The van der Waals surface area contributed by atoms with Crippen molar-refractivity contribution in [3.63, 3.8) is 0 Å². The highest BCUT2D eigenvalue weighted by atomic mass is 32.2. The van der Waals surface area contributed by atoms with Crippen LogP contribution < -0.4 is 0 Å². The minimum Gasteiger partial charge on any atom is -0.477 e. The van der Waals surface area contributed by atoms with Gasteiger partial charge in [-0.05, 0) is 29.8 Å². The summed E-state index contributed by atoms with van der Waals surface area (Å²) in [6.07, 6.45) is 3.17. The van der Waals surface area contributed by atoms with Gasteiger partial charge >= 0.3 is 5.97 Å². The molecule has 0 saturated carbocycles. The average molecular weight is 312 g/mol. The van der Waals surface area contributed by atoms with Crippen LogP contribution in [0.25, 0.3) is 0 Å². The fourth-order valence-electron chi connectivity index (χ4n) is 1.56. The van der Waals surface area contributed by atoms with E-state index in [1.807, 2.05) is 0 Å². The Hall–Kier alpha value is -1.77.